The van der Waals surface area contributed by atoms with Crippen LogP contribution in [0.4, 0.5) is 17.3 Å². The Morgan fingerprint density at radius 1 is 1.06 bits per heavy atom. The molecular formula is C27H29N5O2. The van der Waals surface area contributed by atoms with Crippen LogP contribution >= 0.6 is 0 Å². The van der Waals surface area contributed by atoms with Gasteiger partial charge in [-0.15, -0.1) is 0 Å². The zero-order valence-electron chi connectivity index (χ0n) is 19.4. The molecule has 0 unspecified atom stereocenters. The van der Waals surface area contributed by atoms with E-state index in [4.69, 9.17) is 20.4 Å². The van der Waals surface area contributed by atoms with Gasteiger partial charge in [0, 0.05) is 31.4 Å². The standard InChI is InChI=1S/C27H29N5O2/c1-34-26(33)23-25(29-17-22(30-23)32-13-10-18-6-3-5-9-21(18)32)31-14-11-27(12-15-31)16-19-7-2-4-8-20(19)24(27)28/h2-9,17,24H,10-16,28H2,1H3/t24-/m1/s1. The number of fused-ring (bicyclic) bond motifs is 2. The summed E-state index contributed by atoms with van der Waals surface area (Å²) in [6.45, 7) is 2.39. The molecule has 34 heavy (non-hydrogen) atoms. The zero-order chi connectivity index (χ0) is 23.3. The molecule has 1 spiro atoms. The van der Waals surface area contributed by atoms with Crippen molar-refractivity contribution in [1.82, 2.24) is 9.97 Å². The smallest absolute Gasteiger partial charge is 0.360 e. The Balaban J connectivity index is 1.27. The molecule has 1 saturated heterocycles. The van der Waals surface area contributed by atoms with Crippen molar-refractivity contribution in [2.45, 2.75) is 31.7 Å². The first-order valence-electron chi connectivity index (χ1n) is 12.0. The van der Waals surface area contributed by atoms with Crippen LogP contribution in [0.1, 0.15) is 46.1 Å². The molecule has 0 radical (unpaired) electrons. The Morgan fingerprint density at radius 3 is 2.56 bits per heavy atom. The Labute approximate surface area is 199 Å². The van der Waals surface area contributed by atoms with E-state index in [-0.39, 0.29) is 17.2 Å². The van der Waals surface area contributed by atoms with Crippen LogP contribution in [0.15, 0.2) is 54.7 Å². The zero-order valence-corrected chi connectivity index (χ0v) is 19.4. The van der Waals surface area contributed by atoms with Crippen molar-refractivity contribution < 1.29 is 9.53 Å². The van der Waals surface area contributed by atoms with E-state index in [0.29, 0.717) is 11.6 Å². The normalized spacial score (nSPS) is 20.4. The van der Waals surface area contributed by atoms with Crippen molar-refractivity contribution in [2.75, 3.05) is 36.5 Å². The summed E-state index contributed by atoms with van der Waals surface area (Å²) in [5.74, 6) is 0.819. The summed E-state index contributed by atoms with van der Waals surface area (Å²) in [5.41, 5.74) is 12.1. The molecule has 7 heteroatoms. The predicted octanol–water partition coefficient (Wildman–Crippen LogP) is 3.80. The summed E-state index contributed by atoms with van der Waals surface area (Å²) >= 11 is 0. The van der Waals surface area contributed by atoms with E-state index in [9.17, 15) is 4.79 Å². The van der Waals surface area contributed by atoms with Crippen molar-refractivity contribution in [1.29, 1.82) is 0 Å². The molecule has 1 aliphatic carbocycles. The van der Waals surface area contributed by atoms with Gasteiger partial charge in [-0.1, -0.05) is 42.5 Å². The fourth-order valence-corrected chi connectivity index (χ4v) is 6.01. The largest absolute Gasteiger partial charge is 0.464 e. The second kappa shape index (κ2) is 8.09. The van der Waals surface area contributed by atoms with Crippen molar-refractivity contribution in [3.8, 4) is 0 Å². The molecule has 6 rings (SSSR count). The second-order valence-electron chi connectivity index (χ2n) is 9.63. The molecule has 1 aromatic heterocycles. The first kappa shape index (κ1) is 21.1. The van der Waals surface area contributed by atoms with E-state index in [1.54, 1.807) is 6.20 Å². The molecule has 3 aliphatic rings. The van der Waals surface area contributed by atoms with E-state index >= 15 is 0 Å². The fourth-order valence-electron chi connectivity index (χ4n) is 6.01. The summed E-state index contributed by atoms with van der Waals surface area (Å²) in [5, 5.41) is 0. The van der Waals surface area contributed by atoms with Crippen molar-refractivity contribution in [3.63, 3.8) is 0 Å². The molecule has 0 amide bonds. The lowest BCUT2D eigenvalue weighted by Gasteiger charge is -2.42. The summed E-state index contributed by atoms with van der Waals surface area (Å²) in [7, 11) is 1.39. The molecule has 0 saturated carbocycles. The number of esters is 1. The Hall–Kier alpha value is -3.45. The lowest BCUT2D eigenvalue weighted by Crippen LogP contribution is -2.45. The first-order chi connectivity index (χ1) is 16.6. The minimum absolute atomic E-state index is 0.0506. The second-order valence-corrected chi connectivity index (χ2v) is 9.63. The van der Waals surface area contributed by atoms with E-state index < -0.39 is 5.97 Å². The number of carbonyl (C=O) groups excluding carboxylic acids is 1. The Morgan fingerprint density at radius 2 is 1.79 bits per heavy atom. The first-order valence-corrected chi connectivity index (χ1v) is 12.0. The molecule has 2 aromatic carbocycles. The monoisotopic (exact) mass is 455 g/mol. The number of benzene rings is 2. The third kappa shape index (κ3) is 3.26. The van der Waals surface area contributed by atoms with E-state index in [2.05, 4.69) is 52.3 Å². The van der Waals surface area contributed by atoms with Crippen LogP contribution in [0.3, 0.4) is 0 Å². The Bertz CT molecular complexity index is 1250. The highest BCUT2D eigenvalue weighted by Gasteiger charge is 2.46. The SMILES string of the molecule is COC(=O)c1nc(N2CCc3ccccc32)cnc1N1CCC2(CC1)Cc1ccccc1[C@H]2N. The van der Waals surface area contributed by atoms with Crippen molar-refractivity contribution in [3.05, 3.63) is 77.1 Å². The van der Waals surface area contributed by atoms with E-state index in [1.165, 1.54) is 23.8 Å². The highest BCUT2D eigenvalue weighted by molar-refractivity contribution is 5.93. The van der Waals surface area contributed by atoms with Crippen LogP contribution in [0.2, 0.25) is 0 Å². The van der Waals surface area contributed by atoms with Gasteiger partial charge >= 0.3 is 5.97 Å². The van der Waals surface area contributed by atoms with Crippen LogP contribution in [0.5, 0.6) is 0 Å². The van der Waals surface area contributed by atoms with Gasteiger partial charge in [0.25, 0.3) is 0 Å². The summed E-state index contributed by atoms with van der Waals surface area (Å²) < 4.78 is 5.10. The van der Waals surface area contributed by atoms with Crippen molar-refractivity contribution >= 4 is 23.3 Å². The highest BCUT2D eigenvalue weighted by atomic mass is 16.5. The number of ether oxygens (including phenoxy) is 1. The van der Waals surface area contributed by atoms with E-state index in [0.717, 1.165) is 51.0 Å². The number of hydrogen-bond acceptors (Lipinski definition) is 7. The van der Waals surface area contributed by atoms with E-state index in [1.807, 2.05) is 6.07 Å². The molecule has 2 aliphatic heterocycles. The van der Waals surface area contributed by atoms with Crippen LogP contribution in [0, 0.1) is 5.41 Å². The van der Waals surface area contributed by atoms with Gasteiger partial charge in [-0.3, -0.25) is 0 Å². The van der Waals surface area contributed by atoms with Crippen LogP contribution in [0.25, 0.3) is 0 Å². The third-order valence-electron chi connectivity index (χ3n) is 7.93. The van der Waals surface area contributed by atoms with Crippen LogP contribution in [-0.2, 0) is 17.6 Å². The number of nitrogens with two attached hydrogens (primary N) is 1. The minimum atomic E-state index is -0.456. The number of piperidine rings is 1. The molecule has 1 fully saturated rings. The maximum atomic E-state index is 12.8. The number of para-hydroxylation sites is 1. The van der Waals surface area contributed by atoms with Crippen LogP contribution < -0.4 is 15.5 Å². The minimum Gasteiger partial charge on any atom is -0.464 e. The quantitative estimate of drug-likeness (QED) is 0.601. The van der Waals surface area contributed by atoms with Gasteiger partial charge in [0.1, 0.15) is 0 Å². The fraction of sp³-hybridized carbons (Fsp3) is 0.370. The van der Waals surface area contributed by atoms with Gasteiger partial charge in [0.15, 0.2) is 17.3 Å². The summed E-state index contributed by atoms with van der Waals surface area (Å²) in [6.07, 6.45) is 5.65. The summed E-state index contributed by atoms with van der Waals surface area (Å²) in [4.78, 5) is 26.6. The van der Waals surface area contributed by atoms with Gasteiger partial charge in [-0.25, -0.2) is 14.8 Å². The summed E-state index contributed by atoms with van der Waals surface area (Å²) in [6, 6.07) is 16.9. The molecule has 174 valence electrons. The highest BCUT2D eigenvalue weighted by Crippen LogP contribution is 2.51. The molecule has 0 bridgehead atoms. The molecule has 1 atom stereocenters. The maximum absolute atomic E-state index is 12.8. The average Bonchev–Trinajstić information content (AvgIpc) is 3.43. The molecule has 3 heterocycles. The van der Waals surface area contributed by atoms with Gasteiger partial charge in [0.05, 0.1) is 13.3 Å². The maximum Gasteiger partial charge on any atom is 0.360 e. The molecular weight excluding hydrogens is 426 g/mol. The Kier molecular flexibility index (Phi) is 5.03. The molecule has 7 nitrogen and oxygen atoms in total. The third-order valence-corrected chi connectivity index (χ3v) is 7.93. The lowest BCUT2D eigenvalue weighted by atomic mass is 9.73. The van der Waals surface area contributed by atoms with Gasteiger partial charge < -0.3 is 20.3 Å². The number of aromatic nitrogens is 2. The predicted molar refractivity (Wildman–Crippen MR) is 131 cm³/mol. The van der Waals surface area contributed by atoms with Gasteiger partial charge in [-0.2, -0.15) is 0 Å². The number of carbonyl (C=O) groups is 1. The molecule has 2 N–H and O–H groups in total. The van der Waals surface area contributed by atoms with Crippen LogP contribution in [-0.4, -0.2) is 42.7 Å². The van der Waals surface area contributed by atoms with Gasteiger partial charge in [0.2, 0.25) is 0 Å². The number of hydrogen-bond donors (Lipinski definition) is 1. The number of nitrogens with zero attached hydrogens (tertiary/aromatic N) is 4. The topological polar surface area (TPSA) is 84.6 Å². The number of rotatable bonds is 3. The number of methoxy groups -OCH3 is 1. The molecule has 3 aromatic rings. The lowest BCUT2D eigenvalue weighted by molar-refractivity contribution is 0.0594. The van der Waals surface area contributed by atoms with Crippen molar-refractivity contribution in [2.24, 2.45) is 11.1 Å². The van der Waals surface area contributed by atoms with Gasteiger partial charge in [-0.05, 0) is 53.9 Å². The number of anilines is 3. The average molecular weight is 456 g/mol.